The van der Waals surface area contributed by atoms with E-state index in [0.717, 1.165) is 13.0 Å². The van der Waals surface area contributed by atoms with E-state index in [9.17, 15) is 4.79 Å². The van der Waals surface area contributed by atoms with E-state index in [0.29, 0.717) is 36.9 Å². The number of morpholine rings is 1. The Balaban J connectivity index is 2.32. The molecule has 6 nitrogen and oxygen atoms in total. The molecule has 0 bridgehead atoms. The van der Waals surface area contributed by atoms with E-state index in [1.165, 1.54) is 0 Å². The molecule has 2 heterocycles. The number of hydrogen-bond acceptors (Lipinski definition) is 6. The van der Waals surface area contributed by atoms with Crippen LogP contribution in [0.15, 0.2) is 12.3 Å². The van der Waals surface area contributed by atoms with Crippen molar-refractivity contribution in [3.05, 3.63) is 17.8 Å². The van der Waals surface area contributed by atoms with Gasteiger partial charge in [0, 0.05) is 12.7 Å². The lowest BCUT2D eigenvalue weighted by Gasteiger charge is -2.36. The first-order valence-electron chi connectivity index (χ1n) is 6.95. The molecule has 0 amide bonds. The number of carbonyl (C=O) groups excluding carboxylic acids is 1. The van der Waals surface area contributed by atoms with Gasteiger partial charge in [-0.05, 0) is 19.4 Å². The lowest BCUT2D eigenvalue weighted by atomic mass is 10.1. The number of pyridine rings is 1. The molecule has 0 aliphatic carbocycles. The van der Waals surface area contributed by atoms with E-state index in [4.69, 9.17) is 15.2 Å². The van der Waals surface area contributed by atoms with Gasteiger partial charge >= 0.3 is 5.97 Å². The summed E-state index contributed by atoms with van der Waals surface area (Å²) < 4.78 is 10.5. The average Bonchev–Trinajstić information content (AvgIpc) is 2.47. The number of anilines is 2. The molecule has 110 valence electrons. The third kappa shape index (κ3) is 2.85. The van der Waals surface area contributed by atoms with Gasteiger partial charge in [-0.3, -0.25) is 0 Å². The maximum Gasteiger partial charge on any atom is 0.340 e. The summed E-state index contributed by atoms with van der Waals surface area (Å²) in [6.07, 6.45) is 2.53. The zero-order valence-corrected chi connectivity index (χ0v) is 12.0. The van der Waals surface area contributed by atoms with Crippen LogP contribution in [0.2, 0.25) is 0 Å². The van der Waals surface area contributed by atoms with Crippen molar-refractivity contribution in [3.63, 3.8) is 0 Å². The Labute approximate surface area is 118 Å². The monoisotopic (exact) mass is 279 g/mol. The zero-order chi connectivity index (χ0) is 14.5. The quantitative estimate of drug-likeness (QED) is 0.841. The van der Waals surface area contributed by atoms with Crippen LogP contribution in [0.5, 0.6) is 0 Å². The Morgan fingerprint density at radius 2 is 2.40 bits per heavy atom. The molecule has 0 spiro atoms. The lowest BCUT2D eigenvalue weighted by molar-refractivity contribution is 0.0527. The zero-order valence-electron chi connectivity index (χ0n) is 12.0. The first-order chi connectivity index (χ1) is 9.69. The molecule has 2 rings (SSSR count). The van der Waals surface area contributed by atoms with Crippen LogP contribution in [0.1, 0.15) is 30.6 Å². The second-order valence-electron chi connectivity index (χ2n) is 4.65. The maximum atomic E-state index is 11.9. The van der Waals surface area contributed by atoms with Crippen molar-refractivity contribution in [2.24, 2.45) is 0 Å². The van der Waals surface area contributed by atoms with Gasteiger partial charge in [0.15, 0.2) is 5.82 Å². The molecular formula is C14H21N3O3. The van der Waals surface area contributed by atoms with Crippen LogP contribution < -0.4 is 10.6 Å². The standard InChI is InChI=1S/C14H21N3O3/c1-3-10-9-19-8-7-17(10)13-12(15)11(5-6-16-13)14(18)20-4-2/h5-6,10H,3-4,7-9,15H2,1-2H3. The number of rotatable bonds is 4. The fraction of sp³-hybridized carbons (Fsp3) is 0.571. The van der Waals surface area contributed by atoms with Crippen LogP contribution in [0, 0.1) is 0 Å². The highest BCUT2D eigenvalue weighted by atomic mass is 16.5. The number of hydrogen-bond donors (Lipinski definition) is 1. The largest absolute Gasteiger partial charge is 0.462 e. The molecule has 0 radical (unpaired) electrons. The minimum atomic E-state index is -0.407. The van der Waals surface area contributed by atoms with Crippen LogP contribution in [0.25, 0.3) is 0 Å². The molecule has 1 aliphatic heterocycles. The molecule has 20 heavy (non-hydrogen) atoms. The summed E-state index contributed by atoms with van der Waals surface area (Å²) in [4.78, 5) is 18.3. The number of aromatic nitrogens is 1. The van der Waals surface area contributed by atoms with Crippen molar-refractivity contribution < 1.29 is 14.3 Å². The van der Waals surface area contributed by atoms with Crippen molar-refractivity contribution in [3.8, 4) is 0 Å². The molecule has 1 aromatic heterocycles. The second kappa shape index (κ2) is 6.56. The smallest absolute Gasteiger partial charge is 0.340 e. The summed E-state index contributed by atoms with van der Waals surface area (Å²) in [6.45, 7) is 6.21. The molecule has 1 fully saturated rings. The van der Waals surface area contributed by atoms with Crippen LogP contribution >= 0.6 is 0 Å². The summed E-state index contributed by atoms with van der Waals surface area (Å²) in [5.74, 6) is 0.237. The number of nitrogens with zero attached hydrogens (tertiary/aromatic N) is 2. The number of carbonyl (C=O) groups is 1. The Hall–Kier alpha value is -1.82. The van der Waals surface area contributed by atoms with Crippen LogP contribution in [-0.2, 0) is 9.47 Å². The van der Waals surface area contributed by atoms with E-state index < -0.39 is 5.97 Å². The highest BCUT2D eigenvalue weighted by Gasteiger charge is 2.26. The van der Waals surface area contributed by atoms with Crippen molar-refractivity contribution in [1.29, 1.82) is 0 Å². The third-order valence-corrected chi connectivity index (χ3v) is 3.44. The third-order valence-electron chi connectivity index (χ3n) is 3.44. The van der Waals surface area contributed by atoms with Crippen LogP contribution in [0.4, 0.5) is 11.5 Å². The molecule has 0 aromatic carbocycles. The Morgan fingerprint density at radius 3 is 3.10 bits per heavy atom. The Morgan fingerprint density at radius 1 is 1.60 bits per heavy atom. The Kier molecular flexibility index (Phi) is 4.79. The molecule has 1 aliphatic rings. The fourth-order valence-electron chi connectivity index (χ4n) is 2.35. The average molecular weight is 279 g/mol. The molecule has 6 heteroatoms. The van der Waals surface area contributed by atoms with Gasteiger partial charge in [0.2, 0.25) is 0 Å². The van der Waals surface area contributed by atoms with Crippen molar-refractivity contribution in [1.82, 2.24) is 4.98 Å². The molecule has 2 N–H and O–H groups in total. The van der Waals surface area contributed by atoms with Gasteiger partial charge in [0.25, 0.3) is 0 Å². The summed E-state index contributed by atoms with van der Waals surface area (Å²) in [5, 5.41) is 0. The molecule has 1 unspecified atom stereocenters. The normalized spacial score (nSPS) is 18.9. The molecule has 1 aromatic rings. The topological polar surface area (TPSA) is 77.7 Å². The molecule has 1 atom stereocenters. The minimum absolute atomic E-state index is 0.232. The Bertz CT molecular complexity index is 479. The van der Waals surface area contributed by atoms with E-state index in [1.807, 2.05) is 0 Å². The summed E-state index contributed by atoms with van der Waals surface area (Å²) in [5.41, 5.74) is 6.87. The van der Waals surface area contributed by atoms with Gasteiger partial charge in [-0.25, -0.2) is 9.78 Å². The highest BCUT2D eigenvalue weighted by Crippen LogP contribution is 2.28. The van der Waals surface area contributed by atoms with Crippen molar-refractivity contribution >= 4 is 17.5 Å². The van der Waals surface area contributed by atoms with Gasteiger partial charge in [0.05, 0.1) is 37.1 Å². The molecule has 1 saturated heterocycles. The van der Waals surface area contributed by atoms with E-state index >= 15 is 0 Å². The minimum Gasteiger partial charge on any atom is -0.462 e. The predicted octanol–water partition coefficient (Wildman–Crippen LogP) is 1.46. The van der Waals surface area contributed by atoms with Gasteiger partial charge < -0.3 is 20.1 Å². The first kappa shape index (κ1) is 14.6. The fourth-order valence-corrected chi connectivity index (χ4v) is 2.35. The van der Waals surface area contributed by atoms with Gasteiger partial charge in [-0.1, -0.05) is 6.92 Å². The van der Waals surface area contributed by atoms with Gasteiger partial charge in [0.1, 0.15) is 0 Å². The molecular weight excluding hydrogens is 258 g/mol. The van der Waals surface area contributed by atoms with Gasteiger partial charge in [-0.2, -0.15) is 0 Å². The number of nitrogen functional groups attached to an aromatic ring is 1. The maximum absolute atomic E-state index is 11.9. The second-order valence-corrected chi connectivity index (χ2v) is 4.65. The van der Waals surface area contributed by atoms with Crippen molar-refractivity contribution in [2.45, 2.75) is 26.3 Å². The number of ether oxygens (including phenoxy) is 2. The number of esters is 1. The first-order valence-corrected chi connectivity index (χ1v) is 6.95. The van der Waals surface area contributed by atoms with E-state index in [2.05, 4.69) is 16.8 Å². The van der Waals surface area contributed by atoms with Crippen LogP contribution in [-0.4, -0.2) is 43.4 Å². The van der Waals surface area contributed by atoms with E-state index in [1.54, 1.807) is 19.2 Å². The highest BCUT2D eigenvalue weighted by molar-refractivity contribution is 5.97. The summed E-state index contributed by atoms with van der Waals surface area (Å²) in [6, 6.07) is 1.83. The number of nitrogens with two attached hydrogens (primary N) is 1. The van der Waals surface area contributed by atoms with Gasteiger partial charge in [-0.15, -0.1) is 0 Å². The van der Waals surface area contributed by atoms with E-state index in [-0.39, 0.29) is 6.04 Å². The SMILES string of the molecule is CCOC(=O)c1ccnc(N2CCOCC2CC)c1N. The summed E-state index contributed by atoms with van der Waals surface area (Å²) in [7, 11) is 0. The predicted molar refractivity (Wildman–Crippen MR) is 76.8 cm³/mol. The van der Waals surface area contributed by atoms with Crippen LogP contribution in [0.3, 0.4) is 0 Å². The molecule has 0 saturated carbocycles. The lowest BCUT2D eigenvalue weighted by Crippen LogP contribution is -2.46. The van der Waals surface area contributed by atoms with Crippen molar-refractivity contribution in [2.75, 3.05) is 37.0 Å². The summed E-state index contributed by atoms with van der Waals surface area (Å²) >= 11 is 0.